The second-order valence-corrected chi connectivity index (χ2v) is 3.24. The van der Waals surface area contributed by atoms with E-state index in [1.807, 2.05) is 6.92 Å². The molecule has 0 atom stereocenters. The molecule has 1 amide bonds. The Hall–Kier alpha value is -0.0900. The molecule has 0 fully saturated rings. The average Bonchev–Trinajstić information content (AvgIpc) is 2.05. The fourth-order valence-electron chi connectivity index (χ4n) is 0.742. The zero-order valence-corrected chi connectivity index (χ0v) is 9.26. The number of alkyl halides is 1. The van der Waals surface area contributed by atoms with Crippen LogP contribution in [-0.4, -0.2) is 42.9 Å². The third-order valence-corrected chi connectivity index (χ3v) is 1.91. The summed E-state index contributed by atoms with van der Waals surface area (Å²) in [5.41, 5.74) is 0. The van der Waals surface area contributed by atoms with Crippen molar-refractivity contribution in [2.75, 3.05) is 32.1 Å². The topological polar surface area (TPSA) is 29.5 Å². The first kappa shape index (κ1) is 11.9. The maximum absolute atomic E-state index is 11.2. The summed E-state index contributed by atoms with van der Waals surface area (Å²) >= 11 is 3.22. The van der Waals surface area contributed by atoms with Gasteiger partial charge in [0.2, 0.25) is 5.91 Å². The van der Waals surface area contributed by atoms with Crippen LogP contribution in [0.1, 0.15) is 13.3 Å². The number of carbonyl (C=O) groups is 1. The molecule has 0 saturated heterocycles. The fraction of sp³-hybridized carbons (Fsp3) is 0.875. The average molecular weight is 238 g/mol. The predicted octanol–water partition coefficient (Wildman–Crippen LogP) is 1.27. The van der Waals surface area contributed by atoms with E-state index < -0.39 is 0 Å². The first-order valence-corrected chi connectivity index (χ1v) is 5.22. The summed E-state index contributed by atoms with van der Waals surface area (Å²) in [6.45, 7) is 3.96. The summed E-state index contributed by atoms with van der Waals surface area (Å²) in [6, 6.07) is 0. The molecule has 0 radical (unpaired) electrons. The van der Waals surface area contributed by atoms with Crippen molar-refractivity contribution in [2.24, 2.45) is 0 Å². The molecule has 0 aromatic carbocycles. The van der Waals surface area contributed by atoms with Gasteiger partial charge in [-0.25, -0.2) is 0 Å². The lowest BCUT2D eigenvalue weighted by atomic mass is 10.4. The molecule has 0 aliphatic rings. The van der Waals surface area contributed by atoms with Gasteiger partial charge in [-0.1, -0.05) is 15.9 Å². The summed E-state index contributed by atoms with van der Waals surface area (Å²) in [5.74, 6) is 0.159. The minimum atomic E-state index is 0.159. The molecule has 0 N–H and O–H groups in total. The lowest BCUT2D eigenvalue weighted by Crippen LogP contribution is -2.30. The highest BCUT2D eigenvalue weighted by molar-refractivity contribution is 9.09. The van der Waals surface area contributed by atoms with E-state index in [4.69, 9.17) is 4.74 Å². The minimum Gasteiger partial charge on any atom is -0.380 e. The van der Waals surface area contributed by atoms with Crippen LogP contribution in [0, 0.1) is 0 Å². The van der Waals surface area contributed by atoms with E-state index in [2.05, 4.69) is 15.9 Å². The minimum absolute atomic E-state index is 0.159. The monoisotopic (exact) mass is 237 g/mol. The van der Waals surface area contributed by atoms with E-state index in [0.717, 1.165) is 5.33 Å². The van der Waals surface area contributed by atoms with Gasteiger partial charge in [-0.05, 0) is 6.92 Å². The van der Waals surface area contributed by atoms with Crippen LogP contribution in [0.2, 0.25) is 0 Å². The van der Waals surface area contributed by atoms with Crippen molar-refractivity contribution in [3.63, 3.8) is 0 Å². The molecule has 3 nitrogen and oxygen atoms in total. The van der Waals surface area contributed by atoms with Gasteiger partial charge in [-0.2, -0.15) is 0 Å². The number of nitrogens with zero attached hydrogens (tertiary/aromatic N) is 1. The van der Waals surface area contributed by atoms with Crippen molar-refractivity contribution >= 4 is 21.8 Å². The molecule has 0 aromatic heterocycles. The molecule has 0 saturated carbocycles. The lowest BCUT2D eigenvalue weighted by molar-refractivity contribution is -0.130. The molecule has 4 heteroatoms. The second kappa shape index (κ2) is 7.55. The Morgan fingerprint density at radius 3 is 2.75 bits per heavy atom. The molecule has 0 bridgehead atoms. The highest BCUT2D eigenvalue weighted by atomic mass is 79.9. The van der Waals surface area contributed by atoms with E-state index in [0.29, 0.717) is 26.2 Å². The van der Waals surface area contributed by atoms with Gasteiger partial charge in [0, 0.05) is 32.0 Å². The molecular formula is C8H16BrNO2. The van der Waals surface area contributed by atoms with Gasteiger partial charge in [0.15, 0.2) is 0 Å². The van der Waals surface area contributed by atoms with Crippen LogP contribution in [0.4, 0.5) is 0 Å². The zero-order valence-electron chi connectivity index (χ0n) is 7.68. The number of rotatable bonds is 6. The molecule has 0 rings (SSSR count). The Kier molecular flexibility index (Phi) is 7.50. The Morgan fingerprint density at radius 2 is 2.25 bits per heavy atom. The van der Waals surface area contributed by atoms with Crippen molar-refractivity contribution in [3.8, 4) is 0 Å². The van der Waals surface area contributed by atoms with Crippen LogP contribution in [0.25, 0.3) is 0 Å². The Bertz CT molecular complexity index is 130. The van der Waals surface area contributed by atoms with Gasteiger partial charge in [0.1, 0.15) is 0 Å². The van der Waals surface area contributed by atoms with E-state index in [1.165, 1.54) is 0 Å². The quantitative estimate of drug-likeness (QED) is 0.515. The Balaban J connectivity index is 3.42. The van der Waals surface area contributed by atoms with Gasteiger partial charge < -0.3 is 9.64 Å². The molecule has 0 aromatic rings. The SMILES string of the molecule is CCOCCN(C)C(=O)CCBr. The van der Waals surface area contributed by atoms with E-state index >= 15 is 0 Å². The molecular weight excluding hydrogens is 222 g/mol. The lowest BCUT2D eigenvalue weighted by Gasteiger charge is -2.15. The van der Waals surface area contributed by atoms with Gasteiger partial charge in [-0.15, -0.1) is 0 Å². The Morgan fingerprint density at radius 1 is 1.58 bits per heavy atom. The Labute approximate surface area is 82.2 Å². The van der Waals surface area contributed by atoms with E-state index in [9.17, 15) is 4.79 Å². The van der Waals surface area contributed by atoms with E-state index in [-0.39, 0.29) is 5.91 Å². The predicted molar refractivity (Wildman–Crippen MR) is 52.5 cm³/mol. The number of carbonyl (C=O) groups excluding carboxylic acids is 1. The standard InChI is InChI=1S/C8H16BrNO2/c1-3-12-7-6-10(2)8(11)4-5-9/h3-7H2,1-2H3. The third-order valence-electron chi connectivity index (χ3n) is 1.51. The van der Waals surface area contributed by atoms with Gasteiger partial charge in [0.05, 0.1) is 6.61 Å². The second-order valence-electron chi connectivity index (χ2n) is 2.45. The van der Waals surface area contributed by atoms with Crippen molar-refractivity contribution in [1.29, 1.82) is 0 Å². The molecule has 0 spiro atoms. The zero-order chi connectivity index (χ0) is 9.40. The summed E-state index contributed by atoms with van der Waals surface area (Å²) in [7, 11) is 1.80. The molecule has 0 heterocycles. The van der Waals surface area contributed by atoms with Gasteiger partial charge >= 0.3 is 0 Å². The van der Waals surface area contributed by atoms with Crippen molar-refractivity contribution < 1.29 is 9.53 Å². The van der Waals surface area contributed by atoms with Crippen LogP contribution >= 0.6 is 15.9 Å². The number of amides is 1. The first-order valence-electron chi connectivity index (χ1n) is 4.10. The van der Waals surface area contributed by atoms with Gasteiger partial charge in [0.25, 0.3) is 0 Å². The number of halogens is 1. The largest absolute Gasteiger partial charge is 0.380 e. The normalized spacial score (nSPS) is 9.92. The van der Waals surface area contributed by atoms with E-state index in [1.54, 1.807) is 11.9 Å². The maximum Gasteiger partial charge on any atom is 0.223 e. The molecule has 0 aliphatic carbocycles. The number of hydrogen-bond acceptors (Lipinski definition) is 2. The molecule has 72 valence electrons. The van der Waals surface area contributed by atoms with Crippen LogP contribution in [-0.2, 0) is 9.53 Å². The first-order chi connectivity index (χ1) is 5.72. The highest BCUT2D eigenvalue weighted by Crippen LogP contribution is 1.94. The van der Waals surface area contributed by atoms with Crippen molar-refractivity contribution in [2.45, 2.75) is 13.3 Å². The third kappa shape index (κ3) is 5.55. The van der Waals surface area contributed by atoms with Crippen LogP contribution in [0.15, 0.2) is 0 Å². The number of likely N-dealkylation sites (N-methyl/N-ethyl adjacent to an activating group) is 1. The van der Waals surface area contributed by atoms with Gasteiger partial charge in [-0.3, -0.25) is 4.79 Å². The number of hydrogen-bond donors (Lipinski definition) is 0. The fourth-order valence-corrected chi connectivity index (χ4v) is 1.08. The maximum atomic E-state index is 11.2. The molecule has 12 heavy (non-hydrogen) atoms. The van der Waals surface area contributed by atoms with Crippen LogP contribution < -0.4 is 0 Å². The van der Waals surface area contributed by atoms with Crippen LogP contribution in [0.3, 0.4) is 0 Å². The summed E-state index contributed by atoms with van der Waals surface area (Å²) < 4.78 is 5.13. The van der Waals surface area contributed by atoms with Crippen LogP contribution in [0.5, 0.6) is 0 Å². The molecule has 0 aliphatic heterocycles. The summed E-state index contributed by atoms with van der Waals surface area (Å²) in [6.07, 6.45) is 0.558. The molecule has 0 unspecified atom stereocenters. The smallest absolute Gasteiger partial charge is 0.223 e. The van der Waals surface area contributed by atoms with Crippen molar-refractivity contribution in [1.82, 2.24) is 4.90 Å². The van der Waals surface area contributed by atoms with Crippen molar-refractivity contribution in [3.05, 3.63) is 0 Å². The number of ether oxygens (including phenoxy) is 1. The summed E-state index contributed by atoms with van der Waals surface area (Å²) in [4.78, 5) is 12.9. The highest BCUT2D eigenvalue weighted by Gasteiger charge is 2.05. The summed E-state index contributed by atoms with van der Waals surface area (Å²) in [5, 5.41) is 0.727.